The number of nitrogens with zero attached hydrogens (tertiary/aromatic N) is 2. The molecule has 5 heteroatoms. The molecule has 22 heavy (non-hydrogen) atoms. The van der Waals surface area contributed by atoms with Gasteiger partial charge in [0, 0.05) is 23.7 Å². The Labute approximate surface area is 132 Å². The van der Waals surface area contributed by atoms with Gasteiger partial charge in [-0.3, -0.25) is 9.98 Å². The second-order valence-electron chi connectivity index (χ2n) is 5.72. The number of rotatable bonds is 6. The first kappa shape index (κ1) is 16.2. The van der Waals surface area contributed by atoms with Gasteiger partial charge in [0.2, 0.25) is 0 Å². The molecule has 0 bridgehead atoms. The zero-order valence-corrected chi connectivity index (χ0v) is 13.1. The Kier molecular flexibility index (Phi) is 5.72. The standard InChI is InChI=1S/C17H25N5/c1-12(22-17-5-3-2-4-16(17)20)14(10-19)11-21-15-8-13(9-15)6-7-18/h2-5,10-11,13,15H,6-9,18-20H2,1H3. The van der Waals surface area contributed by atoms with E-state index in [1.807, 2.05) is 37.4 Å². The lowest BCUT2D eigenvalue weighted by molar-refractivity contribution is 0.256. The van der Waals surface area contributed by atoms with Crippen LogP contribution in [0.5, 0.6) is 0 Å². The van der Waals surface area contributed by atoms with Crippen molar-refractivity contribution in [3.63, 3.8) is 0 Å². The van der Waals surface area contributed by atoms with E-state index in [4.69, 9.17) is 17.2 Å². The molecule has 0 aromatic heterocycles. The van der Waals surface area contributed by atoms with Gasteiger partial charge in [0.25, 0.3) is 0 Å². The van der Waals surface area contributed by atoms with Crippen molar-refractivity contribution in [1.82, 2.24) is 0 Å². The smallest absolute Gasteiger partial charge is 0.0862 e. The van der Waals surface area contributed by atoms with Crippen LogP contribution in [0.25, 0.3) is 0 Å². The van der Waals surface area contributed by atoms with Gasteiger partial charge in [0.05, 0.1) is 17.4 Å². The molecule has 1 saturated carbocycles. The minimum Gasteiger partial charge on any atom is -0.404 e. The number of nitrogens with two attached hydrogens (primary N) is 3. The predicted molar refractivity (Wildman–Crippen MR) is 94.6 cm³/mol. The molecule has 0 atom stereocenters. The van der Waals surface area contributed by atoms with E-state index < -0.39 is 0 Å². The molecular formula is C17H25N5. The molecule has 2 rings (SSSR count). The summed E-state index contributed by atoms with van der Waals surface area (Å²) >= 11 is 0. The number of allylic oxidation sites excluding steroid dienone is 1. The van der Waals surface area contributed by atoms with E-state index in [0.29, 0.717) is 11.7 Å². The number of anilines is 1. The third-order valence-corrected chi connectivity index (χ3v) is 4.03. The third-order valence-electron chi connectivity index (χ3n) is 4.03. The highest BCUT2D eigenvalue weighted by Gasteiger charge is 2.27. The van der Waals surface area contributed by atoms with Crippen molar-refractivity contribution in [2.75, 3.05) is 12.3 Å². The highest BCUT2D eigenvalue weighted by Crippen LogP contribution is 2.32. The fourth-order valence-electron chi connectivity index (χ4n) is 2.57. The van der Waals surface area contributed by atoms with Crippen molar-refractivity contribution in [3.8, 4) is 0 Å². The number of para-hydroxylation sites is 2. The zero-order valence-electron chi connectivity index (χ0n) is 13.1. The second kappa shape index (κ2) is 7.75. The summed E-state index contributed by atoms with van der Waals surface area (Å²) in [7, 11) is 0. The predicted octanol–water partition coefficient (Wildman–Crippen LogP) is 2.40. The molecule has 0 heterocycles. The van der Waals surface area contributed by atoms with Gasteiger partial charge in [-0.05, 0) is 50.8 Å². The average Bonchev–Trinajstić information content (AvgIpc) is 2.47. The van der Waals surface area contributed by atoms with Crippen LogP contribution in [0, 0.1) is 5.92 Å². The summed E-state index contributed by atoms with van der Waals surface area (Å²) in [6, 6.07) is 7.90. The molecule has 0 radical (unpaired) electrons. The monoisotopic (exact) mass is 299 g/mol. The Hall–Kier alpha value is -2.14. The van der Waals surface area contributed by atoms with E-state index in [0.717, 1.165) is 48.7 Å². The lowest BCUT2D eigenvalue weighted by Gasteiger charge is -2.32. The Balaban J connectivity index is 1.99. The van der Waals surface area contributed by atoms with Crippen molar-refractivity contribution in [1.29, 1.82) is 0 Å². The molecule has 1 aliphatic rings. The molecule has 1 fully saturated rings. The maximum atomic E-state index is 5.91. The molecule has 0 amide bonds. The molecule has 0 unspecified atom stereocenters. The van der Waals surface area contributed by atoms with Gasteiger partial charge >= 0.3 is 0 Å². The summed E-state index contributed by atoms with van der Waals surface area (Å²) in [5, 5.41) is 0. The Morgan fingerprint density at radius 3 is 2.68 bits per heavy atom. The molecule has 1 aliphatic carbocycles. The Morgan fingerprint density at radius 1 is 1.32 bits per heavy atom. The van der Waals surface area contributed by atoms with Crippen molar-refractivity contribution >= 4 is 23.3 Å². The Bertz CT molecular complexity index is 582. The van der Waals surface area contributed by atoms with Crippen molar-refractivity contribution in [2.45, 2.75) is 32.2 Å². The zero-order chi connectivity index (χ0) is 15.9. The number of hydrogen-bond acceptors (Lipinski definition) is 5. The number of aliphatic imine (C=N–C) groups is 2. The first-order chi connectivity index (χ1) is 10.6. The third kappa shape index (κ3) is 4.18. The van der Waals surface area contributed by atoms with E-state index in [2.05, 4.69) is 9.98 Å². The van der Waals surface area contributed by atoms with Crippen LogP contribution in [-0.2, 0) is 0 Å². The molecule has 0 saturated heterocycles. The summed E-state index contributed by atoms with van der Waals surface area (Å²) in [6.07, 6.45) is 6.69. The van der Waals surface area contributed by atoms with E-state index >= 15 is 0 Å². The number of benzene rings is 1. The van der Waals surface area contributed by atoms with Crippen LogP contribution in [-0.4, -0.2) is 24.5 Å². The highest BCUT2D eigenvalue weighted by molar-refractivity contribution is 6.15. The minimum absolute atomic E-state index is 0.390. The first-order valence-electron chi connectivity index (χ1n) is 7.69. The van der Waals surface area contributed by atoms with Gasteiger partial charge in [0.15, 0.2) is 0 Å². The molecule has 5 nitrogen and oxygen atoms in total. The van der Waals surface area contributed by atoms with Crippen LogP contribution in [0.4, 0.5) is 11.4 Å². The van der Waals surface area contributed by atoms with E-state index in [1.165, 1.54) is 6.20 Å². The van der Waals surface area contributed by atoms with Gasteiger partial charge in [-0.2, -0.15) is 0 Å². The van der Waals surface area contributed by atoms with Gasteiger partial charge in [-0.15, -0.1) is 0 Å². The molecular weight excluding hydrogens is 274 g/mol. The van der Waals surface area contributed by atoms with E-state index in [9.17, 15) is 0 Å². The van der Waals surface area contributed by atoms with Crippen LogP contribution in [0.3, 0.4) is 0 Å². The van der Waals surface area contributed by atoms with Gasteiger partial charge in [-0.25, -0.2) is 0 Å². The summed E-state index contributed by atoms with van der Waals surface area (Å²) in [4.78, 5) is 9.12. The van der Waals surface area contributed by atoms with Crippen molar-refractivity contribution < 1.29 is 0 Å². The largest absolute Gasteiger partial charge is 0.404 e. The lowest BCUT2D eigenvalue weighted by atomic mass is 9.78. The minimum atomic E-state index is 0.390. The first-order valence-corrected chi connectivity index (χ1v) is 7.69. The van der Waals surface area contributed by atoms with Crippen LogP contribution >= 0.6 is 0 Å². The van der Waals surface area contributed by atoms with Crippen LogP contribution in [0.1, 0.15) is 26.2 Å². The van der Waals surface area contributed by atoms with E-state index in [1.54, 1.807) is 0 Å². The van der Waals surface area contributed by atoms with Crippen LogP contribution in [0.15, 0.2) is 46.0 Å². The highest BCUT2D eigenvalue weighted by atomic mass is 14.8. The second-order valence-corrected chi connectivity index (χ2v) is 5.72. The van der Waals surface area contributed by atoms with Crippen molar-refractivity contribution in [3.05, 3.63) is 36.0 Å². The summed E-state index contributed by atoms with van der Waals surface area (Å²) < 4.78 is 0. The maximum Gasteiger partial charge on any atom is 0.0862 e. The molecule has 6 N–H and O–H groups in total. The maximum absolute atomic E-state index is 5.91. The van der Waals surface area contributed by atoms with Crippen LogP contribution < -0.4 is 17.2 Å². The van der Waals surface area contributed by atoms with Gasteiger partial charge in [-0.1, -0.05) is 12.1 Å². The normalized spacial score (nSPS) is 22.8. The van der Waals surface area contributed by atoms with Gasteiger partial charge < -0.3 is 17.2 Å². The molecule has 1 aromatic carbocycles. The summed E-state index contributed by atoms with van der Waals surface area (Å²) in [5.41, 5.74) is 20.2. The quantitative estimate of drug-likeness (QED) is 0.555. The average molecular weight is 299 g/mol. The SMILES string of the molecule is CC(=Nc1ccccc1N)C(C=NC1CC(CCN)C1)=CN. The summed E-state index contributed by atoms with van der Waals surface area (Å²) in [5.74, 6) is 0.733. The number of hydrogen-bond donors (Lipinski definition) is 3. The molecule has 118 valence electrons. The molecule has 0 spiro atoms. The van der Waals surface area contributed by atoms with E-state index in [-0.39, 0.29) is 0 Å². The molecule has 1 aromatic rings. The lowest BCUT2D eigenvalue weighted by Crippen LogP contribution is -2.29. The van der Waals surface area contributed by atoms with Crippen molar-refractivity contribution in [2.24, 2.45) is 27.4 Å². The number of nitrogen functional groups attached to an aromatic ring is 1. The Morgan fingerprint density at radius 2 is 2.05 bits per heavy atom. The topological polar surface area (TPSA) is 103 Å². The molecule has 0 aliphatic heterocycles. The summed E-state index contributed by atoms with van der Waals surface area (Å²) in [6.45, 7) is 2.68. The van der Waals surface area contributed by atoms with Crippen LogP contribution in [0.2, 0.25) is 0 Å². The fourth-order valence-corrected chi connectivity index (χ4v) is 2.57. The van der Waals surface area contributed by atoms with Gasteiger partial charge in [0.1, 0.15) is 0 Å². The fraction of sp³-hybridized carbons (Fsp3) is 0.412.